The standard InChI is InChI=1S/C34H54O3P/c1-31(2,3)24-18-20-29(27(22-24)33(7,8)9)36-38(35,26-16-14-13-15-17-26)37-30-21-19-25(32(4,5)6)23-28(30)34(10,11)12/h18-23,26,35H,13-17H2,1-12H3/q+1. The zero-order chi connectivity index (χ0) is 28.7. The third-order valence-corrected chi connectivity index (χ3v) is 10.2. The Bertz CT molecular complexity index is 1020. The maximum absolute atomic E-state index is 12.4. The lowest BCUT2D eigenvalue weighted by atomic mass is 9.80. The van der Waals surface area contributed by atoms with Crippen LogP contribution in [-0.4, -0.2) is 10.6 Å². The summed E-state index contributed by atoms with van der Waals surface area (Å²) < 4.78 is 13.6. The highest BCUT2D eigenvalue weighted by molar-refractivity contribution is 7.62. The number of hydrogen-bond acceptors (Lipinski definition) is 3. The molecule has 4 heteroatoms. The molecule has 1 saturated carbocycles. The fourth-order valence-electron chi connectivity index (χ4n) is 5.18. The summed E-state index contributed by atoms with van der Waals surface area (Å²) in [5.74, 6) is 1.49. The van der Waals surface area contributed by atoms with Crippen LogP contribution in [0, 0.1) is 0 Å². The van der Waals surface area contributed by atoms with Gasteiger partial charge in [-0.05, 0) is 70.6 Å². The van der Waals surface area contributed by atoms with Crippen LogP contribution in [0.1, 0.15) is 137 Å². The largest absolute Gasteiger partial charge is 0.498 e. The molecule has 212 valence electrons. The van der Waals surface area contributed by atoms with Gasteiger partial charge in [-0.2, -0.15) is 4.89 Å². The van der Waals surface area contributed by atoms with E-state index in [-0.39, 0.29) is 27.3 Å². The number of rotatable bonds is 5. The van der Waals surface area contributed by atoms with Crippen LogP contribution in [0.3, 0.4) is 0 Å². The van der Waals surface area contributed by atoms with Gasteiger partial charge in [-0.15, -0.1) is 0 Å². The molecule has 1 N–H and O–H groups in total. The highest BCUT2D eigenvalue weighted by Crippen LogP contribution is 2.65. The molecular formula is C34H54O3P+. The first-order valence-electron chi connectivity index (χ1n) is 14.5. The SMILES string of the molecule is CC(C)(C)c1ccc(O[P+](O)(Oc2ccc(C(C)(C)C)cc2C(C)(C)C)C2CCCCC2)c(C(C)(C)C)c1. The lowest BCUT2D eigenvalue weighted by Gasteiger charge is -2.32. The Kier molecular flexibility index (Phi) is 8.78. The molecule has 0 heterocycles. The maximum atomic E-state index is 12.4. The summed E-state index contributed by atoms with van der Waals surface area (Å²) in [5.41, 5.74) is 4.54. The van der Waals surface area contributed by atoms with E-state index in [1.54, 1.807) is 0 Å². The normalized spacial score (nSPS) is 16.4. The zero-order valence-corrected chi connectivity index (χ0v) is 27.2. The topological polar surface area (TPSA) is 38.7 Å². The molecule has 0 saturated heterocycles. The van der Waals surface area contributed by atoms with Crippen molar-refractivity contribution in [2.75, 3.05) is 0 Å². The van der Waals surface area contributed by atoms with Crippen molar-refractivity contribution in [2.24, 2.45) is 0 Å². The van der Waals surface area contributed by atoms with Crippen molar-refractivity contribution in [3.63, 3.8) is 0 Å². The van der Waals surface area contributed by atoms with Crippen molar-refractivity contribution in [3.8, 4) is 11.5 Å². The minimum atomic E-state index is -3.29. The van der Waals surface area contributed by atoms with Crippen LogP contribution < -0.4 is 9.05 Å². The Morgan fingerprint density at radius 2 is 0.947 bits per heavy atom. The van der Waals surface area contributed by atoms with Gasteiger partial charge in [0, 0.05) is 11.1 Å². The van der Waals surface area contributed by atoms with Crippen LogP contribution in [0.4, 0.5) is 0 Å². The maximum Gasteiger partial charge on any atom is 0.498 e. The molecule has 0 bridgehead atoms. The molecule has 0 unspecified atom stereocenters. The van der Waals surface area contributed by atoms with E-state index >= 15 is 0 Å². The van der Waals surface area contributed by atoms with Crippen molar-refractivity contribution < 1.29 is 13.9 Å². The molecule has 2 aromatic carbocycles. The van der Waals surface area contributed by atoms with Crippen LogP contribution in [0.15, 0.2) is 36.4 Å². The predicted molar refractivity (Wildman–Crippen MR) is 165 cm³/mol. The van der Waals surface area contributed by atoms with E-state index in [2.05, 4.69) is 119 Å². The van der Waals surface area contributed by atoms with E-state index < -0.39 is 7.94 Å². The van der Waals surface area contributed by atoms with E-state index in [0.29, 0.717) is 0 Å². The quantitative estimate of drug-likeness (QED) is 0.383. The summed E-state index contributed by atoms with van der Waals surface area (Å²) in [6.07, 6.45) is 5.27. The Hall–Kier alpha value is -1.57. The molecule has 0 aliphatic heterocycles. The van der Waals surface area contributed by atoms with Crippen molar-refractivity contribution in [2.45, 2.75) is 143 Å². The van der Waals surface area contributed by atoms with Gasteiger partial charge >= 0.3 is 7.94 Å². The Labute approximate surface area is 234 Å². The molecule has 3 rings (SSSR count). The van der Waals surface area contributed by atoms with Crippen LogP contribution >= 0.6 is 7.94 Å². The zero-order valence-electron chi connectivity index (χ0n) is 26.3. The molecule has 2 aromatic rings. The van der Waals surface area contributed by atoms with Gasteiger partial charge in [-0.1, -0.05) is 114 Å². The average Bonchev–Trinajstić information content (AvgIpc) is 2.77. The smallest absolute Gasteiger partial charge is 0.277 e. The molecule has 38 heavy (non-hydrogen) atoms. The molecule has 1 aliphatic carbocycles. The van der Waals surface area contributed by atoms with Crippen molar-refractivity contribution >= 4 is 7.94 Å². The second-order valence-corrected chi connectivity index (χ2v) is 17.7. The minimum absolute atomic E-state index is 0.00136. The fourth-order valence-corrected chi connectivity index (χ4v) is 7.42. The van der Waals surface area contributed by atoms with Gasteiger partial charge < -0.3 is 0 Å². The highest BCUT2D eigenvalue weighted by Gasteiger charge is 2.54. The van der Waals surface area contributed by atoms with E-state index in [4.69, 9.17) is 9.05 Å². The van der Waals surface area contributed by atoms with Crippen molar-refractivity contribution in [3.05, 3.63) is 58.7 Å². The second-order valence-electron chi connectivity index (χ2n) is 15.5. The van der Waals surface area contributed by atoms with Gasteiger partial charge in [0.25, 0.3) is 0 Å². The minimum Gasteiger partial charge on any atom is -0.277 e. The molecule has 0 aromatic heterocycles. The van der Waals surface area contributed by atoms with E-state index in [1.807, 2.05) is 0 Å². The first-order valence-corrected chi connectivity index (χ1v) is 16.2. The molecule has 0 atom stereocenters. The lowest BCUT2D eigenvalue weighted by Crippen LogP contribution is -2.27. The van der Waals surface area contributed by atoms with E-state index in [9.17, 15) is 4.89 Å². The van der Waals surface area contributed by atoms with Gasteiger partial charge in [0.05, 0.1) is 0 Å². The first-order chi connectivity index (χ1) is 17.2. The van der Waals surface area contributed by atoms with Gasteiger partial charge in [0.2, 0.25) is 0 Å². The van der Waals surface area contributed by atoms with E-state index in [1.165, 1.54) is 17.5 Å². The monoisotopic (exact) mass is 541 g/mol. The van der Waals surface area contributed by atoms with Crippen molar-refractivity contribution in [1.29, 1.82) is 0 Å². The Morgan fingerprint density at radius 3 is 1.26 bits per heavy atom. The predicted octanol–water partition coefficient (Wildman–Crippen LogP) is 10.4. The third-order valence-electron chi connectivity index (χ3n) is 7.80. The van der Waals surface area contributed by atoms with Gasteiger partial charge in [0.1, 0.15) is 0 Å². The van der Waals surface area contributed by atoms with E-state index in [0.717, 1.165) is 48.3 Å². The van der Waals surface area contributed by atoms with Gasteiger partial charge in [-0.25, -0.2) is 0 Å². The van der Waals surface area contributed by atoms with Crippen molar-refractivity contribution in [1.82, 2.24) is 0 Å². The molecule has 3 nitrogen and oxygen atoms in total. The summed E-state index contributed by atoms with van der Waals surface area (Å²) in [6.45, 7) is 26.7. The molecule has 0 radical (unpaired) electrons. The summed E-state index contributed by atoms with van der Waals surface area (Å²) in [4.78, 5) is 12.4. The molecule has 0 spiro atoms. The summed E-state index contributed by atoms with van der Waals surface area (Å²) in [5, 5.41) is 0. The van der Waals surface area contributed by atoms with Gasteiger partial charge in [0.15, 0.2) is 17.2 Å². The number of benzene rings is 2. The first kappa shape index (κ1) is 31.0. The van der Waals surface area contributed by atoms with Crippen LogP contribution in [-0.2, 0) is 21.7 Å². The van der Waals surface area contributed by atoms with Gasteiger partial charge in [-0.3, -0.25) is 9.05 Å². The fraction of sp³-hybridized carbons (Fsp3) is 0.647. The Morgan fingerprint density at radius 1 is 0.579 bits per heavy atom. The molecular weight excluding hydrogens is 487 g/mol. The second kappa shape index (κ2) is 10.8. The summed E-state index contributed by atoms with van der Waals surface area (Å²) in [7, 11) is -3.29. The lowest BCUT2D eigenvalue weighted by molar-refractivity contribution is 0.306. The van der Waals surface area contributed by atoms with Crippen LogP contribution in [0.2, 0.25) is 0 Å². The average molecular weight is 542 g/mol. The molecule has 1 fully saturated rings. The van der Waals surface area contributed by atoms with Crippen LogP contribution in [0.25, 0.3) is 0 Å². The molecule has 0 amide bonds. The van der Waals surface area contributed by atoms with Crippen LogP contribution in [0.5, 0.6) is 11.5 Å². The highest BCUT2D eigenvalue weighted by atomic mass is 31.2. The Balaban J connectivity index is 2.13. The third kappa shape index (κ3) is 7.33. The molecule has 1 aliphatic rings. The number of hydrogen-bond donors (Lipinski definition) is 1. The summed E-state index contributed by atoms with van der Waals surface area (Å²) >= 11 is 0. The summed E-state index contributed by atoms with van der Waals surface area (Å²) in [6, 6.07) is 12.9.